The van der Waals surface area contributed by atoms with E-state index >= 15 is 0 Å². The van der Waals surface area contributed by atoms with Gasteiger partial charge in [0, 0.05) is 12.0 Å². The Hall–Kier alpha value is -1.13. The number of aliphatic hydroxyl groups is 1. The molecule has 112 valence electrons. The molecule has 0 heterocycles. The number of rotatable bonds is 6. The molecule has 1 aliphatic rings. The number of ether oxygens (including phenoxy) is 1. The molecular weight excluding hydrogens is 257 g/mol. The first-order valence-corrected chi connectivity index (χ1v) is 7.37. The maximum atomic E-state index is 13.7. The second-order valence-corrected chi connectivity index (χ2v) is 5.78. The minimum atomic E-state index is -0.321. The van der Waals surface area contributed by atoms with Gasteiger partial charge < -0.3 is 15.2 Å². The molecule has 2 N–H and O–H groups in total. The normalized spacial score (nSPS) is 25.9. The summed E-state index contributed by atoms with van der Waals surface area (Å²) in [5.41, 5.74) is 0.720. The predicted octanol–water partition coefficient (Wildman–Crippen LogP) is 2.80. The SMILES string of the molecule is CCCNC1(CO)CCC(Oc2cc(C)ccc2F)C1. The number of hydrogen-bond donors (Lipinski definition) is 2. The fourth-order valence-electron chi connectivity index (χ4n) is 2.81. The van der Waals surface area contributed by atoms with Gasteiger partial charge in [-0.2, -0.15) is 0 Å². The van der Waals surface area contributed by atoms with Gasteiger partial charge in [0.2, 0.25) is 0 Å². The average Bonchev–Trinajstić information content (AvgIpc) is 2.85. The highest BCUT2D eigenvalue weighted by molar-refractivity contribution is 5.29. The Morgan fingerprint density at radius 3 is 3.00 bits per heavy atom. The van der Waals surface area contributed by atoms with Crippen LogP contribution in [0.1, 0.15) is 38.2 Å². The molecule has 20 heavy (non-hydrogen) atoms. The summed E-state index contributed by atoms with van der Waals surface area (Å²) < 4.78 is 19.5. The molecule has 1 aliphatic carbocycles. The van der Waals surface area contributed by atoms with Crippen LogP contribution in [0, 0.1) is 12.7 Å². The zero-order chi connectivity index (χ0) is 14.6. The molecule has 0 spiro atoms. The first-order chi connectivity index (χ1) is 9.58. The quantitative estimate of drug-likeness (QED) is 0.842. The summed E-state index contributed by atoms with van der Waals surface area (Å²) in [6, 6.07) is 4.90. The van der Waals surface area contributed by atoms with E-state index in [-0.39, 0.29) is 24.1 Å². The molecule has 1 saturated carbocycles. The molecule has 4 heteroatoms. The summed E-state index contributed by atoms with van der Waals surface area (Å²) in [5.74, 6) is -0.00199. The third-order valence-corrected chi connectivity index (χ3v) is 4.00. The number of halogens is 1. The molecular formula is C16H24FNO2. The fourth-order valence-corrected chi connectivity index (χ4v) is 2.81. The van der Waals surface area contributed by atoms with Gasteiger partial charge in [0.1, 0.15) is 6.10 Å². The highest BCUT2D eigenvalue weighted by Gasteiger charge is 2.39. The highest BCUT2D eigenvalue weighted by atomic mass is 19.1. The molecule has 1 aromatic rings. The lowest BCUT2D eigenvalue weighted by Gasteiger charge is -2.28. The van der Waals surface area contributed by atoms with Gasteiger partial charge in [0.15, 0.2) is 11.6 Å². The maximum absolute atomic E-state index is 13.7. The van der Waals surface area contributed by atoms with E-state index in [0.29, 0.717) is 5.75 Å². The van der Waals surface area contributed by atoms with Crippen molar-refractivity contribution in [1.82, 2.24) is 5.32 Å². The molecule has 1 aromatic carbocycles. The van der Waals surface area contributed by atoms with Crippen molar-refractivity contribution in [2.45, 2.75) is 51.2 Å². The summed E-state index contributed by atoms with van der Waals surface area (Å²) >= 11 is 0. The van der Waals surface area contributed by atoms with Crippen molar-refractivity contribution >= 4 is 0 Å². The zero-order valence-electron chi connectivity index (χ0n) is 12.3. The summed E-state index contributed by atoms with van der Waals surface area (Å²) in [7, 11) is 0. The second kappa shape index (κ2) is 6.55. The first kappa shape index (κ1) is 15.3. The van der Waals surface area contributed by atoms with Crippen LogP contribution in [0.5, 0.6) is 5.75 Å². The topological polar surface area (TPSA) is 41.5 Å². The van der Waals surface area contributed by atoms with Gasteiger partial charge in [-0.05, 0) is 50.4 Å². The van der Waals surface area contributed by atoms with Crippen molar-refractivity contribution in [2.24, 2.45) is 0 Å². The van der Waals surface area contributed by atoms with E-state index in [1.54, 1.807) is 12.1 Å². The molecule has 2 rings (SSSR count). The first-order valence-electron chi connectivity index (χ1n) is 7.37. The van der Waals surface area contributed by atoms with Crippen LogP contribution in [0.25, 0.3) is 0 Å². The van der Waals surface area contributed by atoms with Crippen LogP contribution in [-0.4, -0.2) is 29.9 Å². The Balaban J connectivity index is 2.00. The minimum Gasteiger partial charge on any atom is -0.487 e. The number of aryl methyl sites for hydroxylation is 1. The standard InChI is InChI=1S/C16H24FNO2/c1-3-8-18-16(11-19)7-6-13(10-16)20-15-9-12(2)4-5-14(15)17/h4-5,9,13,18-19H,3,6-8,10-11H2,1-2H3. The molecule has 0 radical (unpaired) electrons. The minimum absolute atomic E-state index is 0.0391. The molecule has 2 unspecified atom stereocenters. The van der Waals surface area contributed by atoms with Gasteiger partial charge in [-0.25, -0.2) is 4.39 Å². The van der Waals surface area contributed by atoms with Crippen LogP contribution in [0.4, 0.5) is 4.39 Å². The summed E-state index contributed by atoms with van der Waals surface area (Å²) in [6.45, 7) is 5.00. The number of nitrogens with one attached hydrogen (secondary N) is 1. The monoisotopic (exact) mass is 281 g/mol. The van der Waals surface area contributed by atoms with Crippen molar-refractivity contribution < 1.29 is 14.2 Å². The lowest BCUT2D eigenvalue weighted by molar-refractivity contribution is 0.138. The van der Waals surface area contributed by atoms with Crippen LogP contribution >= 0.6 is 0 Å². The Morgan fingerprint density at radius 1 is 1.50 bits per heavy atom. The van der Waals surface area contributed by atoms with Crippen LogP contribution in [-0.2, 0) is 0 Å². The molecule has 0 aliphatic heterocycles. The summed E-state index contributed by atoms with van der Waals surface area (Å²) in [5, 5.41) is 13.0. The van der Waals surface area contributed by atoms with E-state index in [1.165, 1.54) is 6.07 Å². The Labute approximate surface area is 120 Å². The molecule has 0 saturated heterocycles. The Bertz CT molecular complexity index is 452. The van der Waals surface area contributed by atoms with Gasteiger partial charge in [0.25, 0.3) is 0 Å². The van der Waals surface area contributed by atoms with Crippen LogP contribution in [0.3, 0.4) is 0 Å². The van der Waals surface area contributed by atoms with Crippen LogP contribution < -0.4 is 10.1 Å². The van der Waals surface area contributed by atoms with E-state index in [2.05, 4.69) is 12.2 Å². The fraction of sp³-hybridized carbons (Fsp3) is 0.625. The van der Waals surface area contributed by atoms with Gasteiger partial charge in [-0.3, -0.25) is 0 Å². The Morgan fingerprint density at radius 2 is 2.30 bits per heavy atom. The summed E-state index contributed by atoms with van der Waals surface area (Å²) in [4.78, 5) is 0. The van der Waals surface area contributed by atoms with E-state index in [0.717, 1.165) is 37.8 Å². The average molecular weight is 281 g/mol. The van der Waals surface area contributed by atoms with E-state index in [4.69, 9.17) is 4.74 Å². The molecule has 0 bridgehead atoms. The largest absolute Gasteiger partial charge is 0.487 e. The van der Waals surface area contributed by atoms with Crippen LogP contribution in [0.15, 0.2) is 18.2 Å². The second-order valence-electron chi connectivity index (χ2n) is 5.78. The zero-order valence-corrected chi connectivity index (χ0v) is 12.3. The van der Waals surface area contributed by atoms with Gasteiger partial charge in [-0.1, -0.05) is 13.0 Å². The molecule has 0 amide bonds. The molecule has 1 fully saturated rings. The van der Waals surface area contributed by atoms with E-state index in [1.807, 2.05) is 6.92 Å². The molecule has 0 aromatic heterocycles. The number of benzene rings is 1. The number of hydrogen-bond acceptors (Lipinski definition) is 3. The molecule has 3 nitrogen and oxygen atoms in total. The van der Waals surface area contributed by atoms with E-state index < -0.39 is 0 Å². The highest BCUT2D eigenvalue weighted by Crippen LogP contribution is 2.33. The van der Waals surface area contributed by atoms with E-state index in [9.17, 15) is 9.50 Å². The lowest BCUT2D eigenvalue weighted by Crippen LogP contribution is -2.47. The third-order valence-electron chi connectivity index (χ3n) is 4.00. The predicted molar refractivity (Wildman–Crippen MR) is 77.5 cm³/mol. The van der Waals surface area contributed by atoms with Gasteiger partial charge >= 0.3 is 0 Å². The van der Waals surface area contributed by atoms with Crippen molar-refractivity contribution in [3.05, 3.63) is 29.6 Å². The Kier molecular flexibility index (Phi) is 5.00. The third kappa shape index (κ3) is 3.49. The smallest absolute Gasteiger partial charge is 0.165 e. The maximum Gasteiger partial charge on any atom is 0.165 e. The van der Waals surface area contributed by atoms with Crippen molar-refractivity contribution in [3.63, 3.8) is 0 Å². The lowest BCUT2D eigenvalue weighted by atomic mass is 9.98. The van der Waals surface area contributed by atoms with Crippen LogP contribution in [0.2, 0.25) is 0 Å². The molecule has 2 atom stereocenters. The van der Waals surface area contributed by atoms with Gasteiger partial charge in [0.05, 0.1) is 6.61 Å². The van der Waals surface area contributed by atoms with Gasteiger partial charge in [-0.15, -0.1) is 0 Å². The van der Waals surface area contributed by atoms with Crippen molar-refractivity contribution in [3.8, 4) is 5.75 Å². The summed E-state index contributed by atoms with van der Waals surface area (Å²) in [6.07, 6.45) is 3.41. The van der Waals surface area contributed by atoms with Crippen molar-refractivity contribution in [1.29, 1.82) is 0 Å². The van der Waals surface area contributed by atoms with Crippen molar-refractivity contribution in [2.75, 3.05) is 13.2 Å². The number of aliphatic hydroxyl groups excluding tert-OH is 1.